The van der Waals surface area contributed by atoms with Crippen LogP contribution in [0.5, 0.6) is 0 Å². The van der Waals surface area contributed by atoms with Crippen LogP contribution >= 0.6 is 11.6 Å². The van der Waals surface area contributed by atoms with E-state index in [-0.39, 0.29) is 5.82 Å². The van der Waals surface area contributed by atoms with E-state index in [0.29, 0.717) is 22.7 Å². The molecule has 0 saturated heterocycles. The molecule has 0 aliphatic heterocycles. The molecular formula is C27H26ClFN2. The Kier molecular flexibility index (Phi) is 6.93. The fraction of sp³-hybridized carbons (Fsp3) is 0.259. The molecule has 0 aliphatic rings. The van der Waals surface area contributed by atoms with Gasteiger partial charge in [0.15, 0.2) is 5.82 Å². The highest BCUT2D eigenvalue weighted by atomic mass is 35.5. The van der Waals surface area contributed by atoms with Gasteiger partial charge in [-0.25, -0.2) is 14.4 Å². The lowest BCUT2D eigenvalue weighted by molar-refractivity contribution is 0.620. The molecule has 3 aromatic carbocycles. The Hall–Kier alpha value is -2.78. The number of aryl methyl sites for hydroxylation is 3. The molecule has 0 bridgehead atoms. The summed E-state index contributed by atoms with van der Waals surface area (Å²) in [7, 11) is 0. The maximum atomic E-state index is 15.1. The van der Waals surface area contributed by atoms with Crippen LogP contribution in [0, 0.1) is 5.82 Å². The van der Waals surface area contributed by atoms with Gasteiger partial charge in [-0.2, -0.15) is 0 Å². The minimum atomic E-state index is -0.148. The van der Waals surface area contributed by atoms with Gasteiger partial charge in [0, 0.05) is 28.4 Å². The molecular weight excluding hydrogens is 407 g/mol. The number of hydrogen-bond acceptors (Lipinski definition) is 2. The zero-order chi connectivity index (χ0) is 21.6. The van der Waals surface area contributed by atoms with Gasteiger partial charge in [0.05, 0.1) is 0 Å². The molecule has 4 rings (SSSR count). The highest BCUT2D eigenvalue weighted by Gasteiger charge is 2.10. The first-order chi connectivity index (χ1) is 15.1. The monoisotopic (exact) mass is 432 g/mol. The number of halogens is 2. The second-order valence-corrected chi connectivity index (χ2v) is 8.41. The molecule has 0 spiro atoms. The zero-order valence-electron chi connectivity index (χ0n) is 17.7. The lowest BCUT2D eigenvalue weighted by Crippen LogP contribution is -1.97. The molecule has 0 saturated carbocycles. The van der Waals surface area contributed by atoms with E-state index in [4.69, 9.17) is 11.6 Å². The van der Waals surface area contributed by atoms with E-state index >= 15 is 4.39 Å². The average Bonchev–Trinajstić information content (AvgIpc) is 2.80. The summed E-state index contributed by atoms with van der Waals surface area (Å²) in [6, 6.07) is 17.3. The number of rotatable bonds is 8. The van der Waals surface area contributed by atoms with Crippen LogP contribution in [0.2, 0.25) is 5.02 Å². The molecule has 0 atom stereocenters. The summed E-state index contributed by atoms with van der Waals surface area (Å²) in [5, 5.41) is 2.21. The molecule has 0 amide bonds. The summed E-state index contributed by atoms with van der Waals surface area (Å²) in [6.07, 6.45) is 9.83. The van der Waals surface area contributed by atoms with E-state index in [0.717, 1.165) is 46.9 Å². The molecule has 31 heavy (non-hydrogen) atoms. The van der Waals surface area contributed by atoms with Crippen molar-refractivity contribution in [2.75, 3.05) is 0 Å². The van der Waals surface area contributed by atoms with Crippen molar-refractivity contribution in [3.63, 3.8) is 0 Å². The molecule has 2 nitrogen and oxygen atoms in total. The number of nitrogens with zero attached hydrogens (tertiary/aromatic N) is 2. The van der Waals surface area contributed by atoms with Crippen molar-refractivity contribution in [3.05, 3.63) is 94.5 Å². The van der Waals surface area contributed by atoms with E-state index in [1.54, 1.807) is 0 Å². The third-order valence-corrected chi connectivity index (χ3v) is 5.91. The summed E-state index contributed by atoms with van der Waals surface area (Å²) in [4.78, 5) is 9.06. The van der Waals surface area contributed by atoms with Crippen molar-refractivity contribution in [1.29, 1.82) is 0 Å². The number of hydrogen-bond donors (Lipinski definition) is 0. The number of aromatic nitrogens is 2. The molecule has 4 heteroatoms. The first kappa shape index (κ1) is 21.5. The first-order valence-electron chi connectivity index (χ1n) is 10.9. The van der Waals surface area contributed by atoms with E-state index in [1.807, 2.05) is 67.0 Å². The van der Waals surface area contributed by atoms with Crippen molar-refractivity contribution >= 4 is 22.4 Å². The highest BCUT2D eigenvalue weighted by Crippen LogP contribution is 2.27. The van der Waals surface area contributed by atoms with Crippen molar-refractivity contribution < 1.29 is 4.39 Å². The minimum Gasteiger partial charge on any atom is -0.236 e. The lowest BCUT2D eigenvalue weighted by Gasteiger charge is -2.09. The molecule has 0 N–H and O–H groups in total. The van der Waals surface area contributed by atoms with Crippen LogP contribution in [-0.4, -0.2) is 9.97 Å². The van der Waals surface area contributed by atoms with Crippen LogP contribution < -0.4 is 0 Å². The normalized spacial score (nSPS) is 11.2. The molecule has 0 unspecified atom stereocenters. The Morgan fingerprint density at radius 1 is 0.806 bits per heavy atom. The van der Waals surface area contributed by atoms with Crippen molar-refractivity contribution in [2.45, 2.75) is 45.4 Å². The summed E-state index contributed by atoms with van der Waals surface area (Å²) < 4.78 is 15.1. The minimum absolute atomic E-state index is 0.148. The summed E-state index contributed by atoms with van der Waals surface area (Å²) in [6.45, 7) is 2.20. The smallest absolute Gasteiger partial charge is 0.159 e. The topological polar surface area (TPSA) is 25.8 Å². The second-order valence-electron chi connectivity index (χ2n) is 7.97. The van der Waals surface area contributed by atoms with Gasteiger partial charge >= 0.3 is 0 Å². The summed E-state index contributed by atoms with van der Waals surface area (Å²) >= 11 is 5.94. The van der Waals surface area contributed by atoms with Gasteiger partial charge in [-0.05, 0) is 66.0 Å². The first-order valence-corrected chi connectivity index (χ1v) is 11.3. The van der Waals surface area contributed by atoms with Gasteiger partial charge in [-0.1, -0.05) is 67.8 Å². The Balaban J connectivity index is 1.50. The molecule has 0 radical (unpaired) electrons. The largest absolute Gasteiger partial charge is 0.236 e. The van der Waals surface area contributed by atoms with Gasteiger partial charge < -0.3 is 0 Å². The van der Waals surface area contributed by atoms with Gasteiger partial charge in [-0.15, -0.1) is 0 Å². The SMILES string of the molecule is CCCCCc1cnc(-c2ccc3c(F)c(CCc4ccc(Cl)cc4)ccc3c2)nc1. The molecule has 1 heterocycles. The maximum Gasteiger partial charge on any atom is 0.159 e. The van der Waals surface area contributed by atoms with Crippen LogP contribution in [0.15, 0.2) is 67.0 Å². The maximum absolute atomic E-state index is 15.1. The second kappa shape index (κ2) is 10.0. The van der Waals surface area contributed by atoms with Crippen LogP contribution in [0.3, 0.4) is 0 Å². The standard InChI is InChI=1S/C27H26ClFN2/c1-2-3-4-5-20-17-30-27(31-18-20)23-12-15-25-22(16-23)11-10-21(26(25)29)9-6-19-7-13-24(28)14-8-19/h7-8,10-18H,2-6,9H2,1H3. The van der Waals surface area contributed by atoms with Gasteiger partial charge in [0.1, 0.15) is 5.82 Å². The third-order valence-electron chi connectivity index (χ3n) is 5.66. The van der Waals surface area contributed by atoms with E-state index < -0.39 is 0 Å². The van der Waals surface area contributed by atoms with Gasteiger partial charge in [-0.3, -0.25) is 0 Å². The van der Waals surface area contributed by atoms with E-state index in [2.05, 4.69) is 16.9 Å². The predicted octanol–water partition coefficient (Wildman–Crippen LogP) is 7.61. The fourth-order valence-corrected chi connectivity index (χ4v) is 3.94. The molecule has 0 aliphatic carbocycles. The van der Waals surface area contributed by atoms with Crippen LogP contribution in [0.4, 0.5) is 4.39 Å². The Labute approximate surface area is 188 Å². The number of benzene rings is 3. The van der Waals surface area contributed by atoms with Crippen molar-refractivity contribution in [3.8, 4) is 11.4 Å². The van der Waals surface area contributed by atoms with E-state index in [1.165, 1.54) is 12.8 Å². The molecule has 1 aromatic heterocycles. The zero-order valence-corrected chi connectivity index (χ0v) is 18.5. The highest BCUT2D eigenvalue weighted by molar-refractivity contribution is 6.30. The van der Waals surface area contributed by atoms with Gasteiger partial charge in [0.2, 0.25) is 0 Å². The summed E-state index contributed by atoms with van der Waals surface area (Å²) in [5.74, 6) is 0.526. The van der Waals surface area contributed by atoms with Crippen molar-refractivity contribution in [2.24, 2.45) is 0 Å². The number of unbranched alkanes of at least 4 members (excludes halogenated alkanes) is 2. The quantitative estimate of drug-likeness (QED) is 0.268. The van der Waals surface area contributed by atoms with Crippen LogP contribution in [0.25, 0.3) is 22.2 Å². The van der Waals surface area contributed by atoms with E-state index in [9.17, 15) is 0 Å². The number of fused-ring (bicyclic) bond motifs is 1. The molecule has 158 valence electrons. The van der Waals surface area contributed by atoms with Crippen molar-refractivity contribution in [1.82, 2.24) is 9.97 Å². The summed E-state index contributed by atoms with van der Waals surface area (Å²) in [5.41, 5.74) is 3.94. The third kappa shape index (κ3) is 5.29. The predicted molar refractivity (Wildman–Crippen MR) is 127 cm³/mol. The Morgan fingerprint density at radius 2 is 1.58 bits per heavy atom. The fourth-order valence-electron chi connectivity index (χ4n) is 3.81. The average molecular weight is 433 g/mol. The van der Waals surface area contributed by atoms with Gasteiger partial charge in [0.25, 0.3) is 0 Å². The lowest BCUT2D eigenvalue weighted by atomic mass is 9.99. The van der Waals surface area contributed by atoms with Crippen LogP contribution in [0.1, 0.15) is 42.9 Å². The van der Waals surface area contributed by atoms with Crippen LogP contribution in [-0.2, 0) is 19.3 Å². The molecule has 4 aromatic rings. The molecule has 0 fully saturated rings. The Morgan fingerprint density at radius 3 is 2.32 bits per heavy atom. The Bertz CT molecular complexity index is 1150.